The lowest BCUT2D eigenvalue weighted by molar-refractivity contribution is -0.138. The largest absolute Gasteiger partial charge is 0.417 e. The maximum absolute atomic E-state index is 12.3. The van der Waals surface area contributed by atoms with Crippen LogP contribution in [0, 0.1) is 0 Å². The van der Waals surface area contributed by atoms with Crippen LogP contribution in [0.15, 0.2) is 33.5 Å². The van der Waals surface area contributed by atoms with Crippen molar-refractivity contribution in [2.45, 2.75) is 37.5 Å². The van der Waals surface area contributed by atoms with Crippen molar-refractivity contribution in [1.82, 2.24) is 15.1 Å². The van der Waals surface area contributed by atoms with Crippen LogP contribution >= 0.6 is 15.9 Å². The molecule has 28 heavy (non-hydrogen) atoms. The van der Waals surface area contributed by atoms with Gasteiger partial charge in [0.1, 0.15) is 0 Å². The normalized spacial score (nSPS) is 20.1. The Morgan fingerprint density at radius 2 is 2.07 bits per heavy atom. The van der Waals surface area contributed by atoms with Gasteiger partial charge in [0.2, 0.25) is 6.41 Å². The monoisotopic (exact) mass is 458 g/mol. The second kappa shape index (κ2) is 7.94. The number of anilines is 1. The predicted molar refractivity (Wildman–Crippen MR) is 101 cm³/mol. The fraction of sp³-hybridized carbons (Fsp3) is 0.389. The molecular formula is C18H18BrF3N4O2. The number of carbonyl (C=O) groups is 1. The van der Waals surface area contributed by atoms with Gasteiger partial charge in [0, 0.05) is 29.3 Å². The Hall–Kier alpha value is -2.36. The summed E-state index contributed by atoms with van der Waals surface area (Å²) in [6, 6.07) is 5.95. The number of aromatic nitrogens is 2. The number of nitrogens with one attached hydrogen (secondary N) is 2. The zero-order valence-corrected chi connectivity index (χ0v) is 16.5. The van der Waals surface area contributed by atoms with Gasteiger partial charge in [-0.1, -0.05) is 15.9 Å². The molecule has 0 spiro atoms. The molecular weight excluding hydrogens is 441 g/mol. The number of amides is 1. The van der Waals surface area contributed by atoms with Gasteiger partial charge in [-0.15, -0.1) is 0 Å². The average molecular weight is 459 g/mol. The summed E-state index contributed by atoms with van der Waals surface area (Å²) in [5.74, 6) is 0. The maximum atomic E-state index is 12.3. The van der Waals surface area contributed by atoms with Gasteiger partial charge in [-0.05, 0) is 43.0 Å². The van der Waals surface area contributed by atoms with Crippen molar-refractivity contribution >= 4 is 28.0 Å². The summed E-state index contributed by atoms with van der Waals surface area (Å²) in [6.45, 7) is 0. The van der Waals surface area contributed by atoms with E-state index >= 15 is 0 Å². The van der Waals surface area contributed by atoms with E-state index in [0.717, 1.165) is 43.0 Å². The number of hydrogen-bond acceptors (Lipinski definition) is 4. The number of fused-ring (bicyclic) bond motifs is 4. The maximum Gasteiger partial charge on any atom is 0.417 e. The first-order valence-electron chi connectivity index (χ1n) is 8.60. The topological polar surface area (TPSA) is 78.1 Å². The standard InChI is InChI=1S/C10H11N3O2.C8H7BrF3N/c14-5-13-7-1-2-8(13)10-6(3-7)4-9(15)11-12-10;1-13-5-2-3-7(9)6(4-5)8(10,11)12/h4-5,7-8H,1-3H2,(H,11,15);2-4,13H,1H3. The molecule has 2 unspecified atom stereocenters. The number of benzene rings is 1. The highest BCUT2D eigenvalue weighted by Gasteiger charge is 2.40. The highest BCUT2D eigenvalue weighted by Crippen LogP contribution is 2.40. The van der Waals surface area contributed by atoms with E-state index in [0.29, 0.717) is 5.69 Å². The zero-order chi connectivity index (χ0) is 20.5. The van der Waals surface area contributed by atoms with Crippen LogP contribution in [0.4, 0.5) is 18.9 Å². The molecule has 2 aromatic rings. The first-order chi connectivity index (χ1) is 13.2. The van der Waals surface area contributed by atoms with Gasteiger partial charge < -0.3 is 10.2 Å². The molecule has 4 rings (SSSR count). The van der Waals surface area contributed by atoms with Crippen LogP contribution < -0.4 is 10.9 Å². The van der Waals surface area contributed by atoms with Gasteiger partial charge in [-0.25, -0.2) is 5.10 Å². The van der Waals surface area contributed by atoms with E-state index in [4.69, 9.17) is 0 Å². The summed E-state index contributed by atoms with van der Waals surface area (Å²) in [7, 11) is 1.57. The lowest BCUT2D eigenvalue weighted by Crippen LogP contribution is -2.37. The van der Waals surface area contributed by atoms with Crippen LogP contribution in [-0.4, -0.2) is 34.6 Å². The van der Waals surface area contributed by atoms with E-state index in [-0.39, 0.29) is 22.1 Å². The van der Waals surface area contributed by atoms with Crippen LogP contribution in [0.25, 0.3) is 0 Å². The van der Waals surface area contributed by atoms with Crippen LogP contribution in [0.3, 0.4) is 0 Å². The molecule has 1 saturated heterocycles. The summed E-state index contributed by atoms with van der Waals surface area (Å²) >= 11 is 2.85. The van der Waals surface area contributed by atoms with Gasteiger partial charge >= 0.3 is 6.18 Å². The molecule has 2 aliphatic heterocycles. The molecule has 3 heterocycles. The molecule has 1 fully saturated rings. The third-order valence-electron chi connectivity index (χ3n) is 4.93. The number of rotatable bonds is 2. The van der Waals surface area contributed by atoms with Gasteiger partial charge in [0.15, 0.2) is 0 Å². The number of hydrogen-bond donors (Lipinski definition) is 2. The number of aromatic amines is 1. The summed E-state index contributed by atoms with van der Waals surface area (Å²) in [5, 5.41) is 9.14. The van der Waals surface area contributed by atoms with Crippen molar-refractivity contribution < 1.29 is 18.0 Å². The molecule has 150 valence electrons. The highest BCUT2D eigenvalue weighted by molar-refractivity contribution is 9.10. The van der Waals surface area contributed by atoms with Gasteiger partial charge in [0.05, 0.1) is 17.3 Å². The Morgan fingerprint density at radius 3 is 2.71 bits per heavy atom. The van der Waals surface area contributed by atoms with Crippen molar-refractivity contribution in [3.63, 3.8) is 0 Å². The second-order valence-corrected chi connectivity index (χ2v) is 7.44. The van der Waals surface area contributed by atoms with E-state index in [1.54, 1.807) is 19.2 Å². The van der Waals surface area contributed by atoms with Crippen LogP contribution in [0.1, 0.15) is 35.7 Å². The molecule has 2 aliphatic rings. The Morgan fingerprint density at radius 1 is 1.32 bits per heavy atom. The fourth-order valence-corrected chi connectivity index (χ4v) is 4.07. The number of carbonyl (C=O) groups excluding carboxylic acids is 1. The van der Waals surface area contributed by atoms with Crippen molar-refractivity contribution in [3.8, 4) is 0 Å². The van der Waals surface area contributed by atoms with Crippen molar-refractivity contribution in [2.75, 3.05) is 12.4 Å². The number of H-pyrrole nitrogens is 1. The minimum absolute atomic E-state index is 0.0546. The SMILES string of the molecule is CNc1ccc(Br)c(C(F)(F)F)c1.O=CN1C2CCC1c1n[nH]c(=O)cc1C2. The van der Waals surface area contributed by atoms with E-state index in [1.807, 2.05) is 4.90 Å². The van der Waals surface area contributed by atoms with E-state index in [9.17, 15) is 22.8 Å². The van der Waals surface area contributed by atoms with Gasteiger partial charge in [0.25, 0.3) is 5.56 Å². The molecule has 0 saturated carbocycles. The van der Waals surface area contributed by atoms with Crippen molar-refractivity contribution in [2.24, 2.45) is 0 Å². The van der Waals surface area contributed by atoms with Crippen LogP contribution in [0.2, 0.25) is 0 Å². The molecule has 2 bridgehead atoms. The first-order valence-corrected chi connectivity index (χ1v) is 9.39. The molecule has 10 heteroatoms. The second-order valence-electron chi connectivity index (χ2n) is 6.59. The number of alkyl halides is 3. The predicted octanol–water partition coefficient (Wildman–Crippen LogP) is 3.50. The van der Waals surface area contributed by atoms with Crippen molar-refractivity contribution in [1.29, 1.82) is 0 Å². The Labute approximate surface area is 167 Å². The Balaban J connectivity index is 0.000000163. The quantitative estimate of drug-likeness (QED) is 0.675. The number of halogens is 4. The smallest absolute Gasteiger partial charge is 0.388 e. The molecule has 6 nitrogen and oxygen atoms in total. The minimum Gasteiger partial charge on any atom is -0.388 e. The van der Waals surface area contributed by atoms with Crippen LogP contribution in [-0.2, 0) is 17.4 Å². The molecule has 2 atom stereocenters. The first kappa shape index (κ1) is 20.4. The minimum atomic E-state index is -4.31. The van der Waals surface area contributed by atoms with Gasteiger partial charge in [-0.2, -0.15) is 18.3 Å². The number of nitrogens with zero attached hydrogens (tertiary/aromatic N) is 2. The van der Waals surface area contributed by atoms with Crippen LogP contribution in [0.5, 0.6) is 0 Å². The third-order valence-corrected chi connectivity index (χ3v) is 5.62. The van der Waals surface area contributed by atoms with Crippen molar-refractivity contribution in [3.05, 3.63) is 55.9 Å². The zero-order valence-electron chi connectivity index (χ0n) is 14.9. The molecule has 0 radical (unpaired) electrons. The van der Waals surface area contributed by atoms with Gasteiger partial charge in [-0.3, -0.25) is 9.59 Å². The molecule has 1 aromatic heterocycles. The molecule has 1 aromatic carbocycles. The molecule has 1 amide bonds. The Bertz CT molecular complexity index is 932. The summed E-state index contributed by atoms with van der Waals surface area (Å²) in [5.41, 5.74) is 1.49. The highest BCUT2D eigenvalue weighted by atomic mass is 79.9. The van der Waals surface area contributed by atoms with E-state index in [2.05, 4.69) is 31.4 Å². The lowest BCUT2D eigenvalue weighted by atomic mass is 9.99. The summed E-state index contributed by atoms with van der Waals surface area (Å²) in [4.78, 5) is 23.9. The van der Waals surface area contributed by atoms with E-state index < -0.39 is 11.7 Å². The summed E-state index contributed by atoms with van der Waals surface area (Å²) in [6.07, 6.45) is -0.686. The third kappa shape index (κ3) is 4.06. The average Bonchev–Trinajstić information content (AvgIpc) is 2.95. The summed E-state index contributed by atoms with van der Waals surface area (Å²) < 4.78 is 37.0. The lowest BCUT2D eigenvalue weighted by Gasteiger charge is -2.31. The molecule has 0 aliphatic carbocycles. The Kier molecular flexibility index (Phi) is 5.78. The molecule has 2 N–H and O–H groups in total. The fourth-order valence-electron chi connectivity index (χ4n) is 3.60. The van der Waals surface area contributed by atoms with E-state index in [1.165, 1.54) is 6.07 Å².